The first kappa shape index (κ1) is 15.0. The van der Waals surface area contributed by atoms with Crippen molar-refractivity contribution >= 4 is 5.97 Å². The summed E-state index contributed by atoms with van der Waals surface area (Å²) < 4.78 is 5.36. The minimum atomic E-state index is -0.473. The van der Waals surface area contributed by atoms with Crippen LogP contribution in [0.5, 0.6) is 0 Å². The molecule has 0 saturated heterocycles. The van der Waals surface area contributed by atoms with E-state index in [0.717, 1.165) is 18.5 Å². The van der Waals surface area contributed by atoms with Crippen molar-refractivity contribution < 1.29 is 14.6 Å². The quantitative estimate of drug-likeness (QED) is 0.858. The van der Waals surface area contributed by atoms with Gasteiger partial charge in [0.15, 0.2) is 0 Å². The predicted molar refractivity (Wildman–Crippen MR) is 77.4 cm³/mol. The molecule has 1 atom stereocenters. The Hall–Kier alpha value is -1.39. The topological polar surface area (TPSA) is 49.8 Å². The summed E-state index contributed by atoms with van der Waals surface area (Å²) in [4.78, 5) is 14.0. The summed E-state index contributed by atoms with van der Waals surface area (Å²) in [6.07, 6.45) is 0.898. The second-order valence-electron chi connectivity index (χ2n) is 6.20. The molecule has 0 bridgehead atoms. The van der Waals surface area contributed by atoms with Crippen LogP contribution in [-0.4, -0.2) is 41.3 Å². The number of hydrogen-bond acceptors (Lipinski definition) is 4. The number of hydrogen-bond donors (Lipinski definition) is 1. The fourth-order valence-corrected chi connectivity index (χ4v) is 2.65. The molecule has 4 heteroatoms. The second kappa shape index (κ2) is 5.94. The Labute approximate surface area is 120 Å². The molecule has 0 fully saturated rings. The summed E-state index contributed by atoms with van der Waals surface area (Å²) in [5, 5.41) is 9.66. The van der Waals surface area contributed by atoms with Gasteiger partial charge < -0.3 is 9.84 Å². The summed E-state index contributed by atoms with van der Waals surface area (Å²) in [7, 11) is 0. The number of aliphatic hydroxyl groups excluding tert-OH is 1. The van der Waals surface area contributed by atoms with Crippen LogP contribution in [0, 0.1) is 0 Å². The van der Waals surface area contributed by atoms with Crippen LogP contribution in [-0.2, 0) is 16.0 Å². The van der Waals surface area contributed by atoms with E-state index in [2.05, 4.69) is 6.07 Å². The summed E-state index contributed by atoms with van der Waals surface area (Å²) in [5.41, 5.74) is 1.90. The molecule has 1 N–H and O–H groups in total. The molecule has 1 aromatic rings. The van der Waals surface area contributed by atoms with Gasteiger partial charge in [0.25, 0.3) is 0 Å². The lowest BCUT2D eigenvalue weighted by molar-refractivity contribution is -0.157. The fourth-order valence-electron chi connectivity index (χ4n) is 2.65. The van der Waals surface area contributed by atoms with Crippen LogP contribution >= 0.6 is 0 Å². The highest BCUT2D eigenvalue weighted by Gasteiger charge is 2.29. The Morgan fingerprint density at radius 2 is 2.10 bits per heavy atom. The highest BCUT2D eigenvalue weighted by Crippen LogP contribution is 2.29. The minimum Gasteiger partial charge on any atom is -0.459 e. The first-order valence-corrected chi connectivity index (χ1v) is 7.05. The Balaban J connectivity index is 2.08. The van der Waals surface area contributed by atoms with Crippen LogP contribution in [0.25, 0.3) is 0 Å². The van der Waals surface area contributed by atoms with E-state index in [0.29, 0.717) is 0 Å². The molecule has 0 amide bonds. The van der Waals surface area contributed by atoms with E-state index in [9.17, 15) is 9.90 Å². The Morgan fingerprint density at radius 3 is 2.75 bits per heavy atom. The average molecular weight is 277 g/mol. The number of carbonyl (C=O) groups is 1. The molecular formula is C16H23NO3. The summed E-state index contributed by atoms with van der Waals surface area (Å²) in [5.74, 6) is -0.240. The average Bonchev–Trinajstić information content (AvgIpc) is 2.36. The van der Waals surface area contributed by atoms with Gasteiger partial charge in [-0.25, -0.2) is 0 Å². The first-order chi connectivity index (χ1) is 9.40. The third-order valence-electron chi connectivity index (χ3n) is 3.45. The zero-order valence-corrected chi connectivity index (χ0v) is 12.4. The zero-order chi connectivity index (χ0) is 14.8. The van der Waals surface area contributed by atoms with Crippen molar-refractivity contribution in [2.75, 3.05) is 19.7 Å². The van der Waals surface area contributed by atoms with Gasteiger partial charge in [0, 0.05) is 6.54 Å². The molecule has 110 valence electrons. The monoisotopic (exact) mass is 277 g/mol. The Kier molecular flexibility index (Phi) is 4.45. The number of ether oxygens (including phenoxy) is 1. The number of benzene rings is 1. The molecular weight excluding hydrogens is 254 g/mol. The van der Waals surface area contributed by atoms with E-state index in [1.54, 1.807) is 0 Å². The van der Waals surface area contributed by atoms with E-state index in [1.807, 2.05) is 43.9 Å². The molecule has 1 aromatic carbocycles. The molecule has 0 spiro atoms. The maximum Gasteiger partial charge on any atom is 0.320 e. The molecule has 1 aliphatic heterocycles. The number of nitrogens with zero attached hydrogens (tertiary/aromatic N) is 1. The van der Waals surface area contributed by atoms with Crippen LogP contribution < -0.4 is 0 Å². The van der Waals surface area contributed by atoms with Crippen molar-refractivity contribution in [2.24, 2.45) is 0 Å². The van der Waals surface area contributed by atoms with Gasteiger partial charge >= 0.3 is 5.97 Å². The number of fused-ring (bicyclic) bond motifs is 1. The maximum atomic E-state index is 12.0. The van der Waals surface area contributed by atoms with Gasteiger partial charge in [-0.1, -0.05) is 24.3 Å². The van der Waals surface area contributed by atoms with Gasteiger partial charge in [-0.15, -0.1) is 0 Å². The SMILES string of the molecule is CC(C)(C)OC(=O)CN1CCc2ccccc2C1CO. The molecule has 0 aliphatic carbocycles. The molecule has 20 heavy (non-hydrogen) atoms. The number of esters is 1. The van der Waals surface area contributed by atoms with Crippen LogP contribution in [0.3, 0.4) is 0 Å². The number of rotatable bonds is 3. The van der Waals surface area contributed by atoms with Crippen molar-refractivity contribution in [2.45, 2.75) is 38.8 Å². The second-order valence-corrected chi connectivity index (χ2v) is 6.20. The van der Waals surface area contributed by atoms with Crippen LogP contribution in [0.4, 0.5) is 0 Å². The third-order valence-corrected chi connectivity index (χ3v) is 3.45. The first-order valence-electron chi connectivity index (χ1n) is 7.05. The van der Waals surface area contributed by atoms with Crippen molar-refractivity contribution in [1.82, 2.24) is 4.90 Å². The maximum absolute atomic E-state index is 12.0. The van der Waals surface area contributed by atoms with E-state index in [-0.39, 0.29) is 25.2 Å². The van der Waals surface area contributed by atoms with Gasteiger partial charge in [0.05, 0.1) is 19.2 Å². The van der Waals surface area contributed by atoms with Crippen molar-refractivity contribution in [3.05, 3.63) is 35.4 Å². The lowest BCUT2D eigenvalue weighted by Gasteiger charge is -2.36. The molecule has 4 nitrogen and oxygen atoms in total. The van der Waals surface area contributed by atoms with Gasteiger partial charge in [-0.2, -0.15) is 0 Å². The molecule has 0 radical (unpaired) electrons. The van der Waals surface area contributed by atoms with E-state index in [4.69, 9.17) is 4.74 Å². The van der Waals surface area contributed by atoms with Crippen LogP contribution in [0.2, 0.25) is 0 Å². The van der Waals surface area contributed by atoms with Crippen LogP contribution in [0.15, 0.2) is 24.3 Å². The Bertz CT molecular complexity index is 479. The third kappa shape index (κ3) is 3.58. The molecule has 0 saturated carbocycles. The normalized spacial score (nSPS) is 19.5. The highest BCUT2D eigenvalue weighted by molar-refractivity contribution is 5.72. The fraction of sp³-hybridized carbons (Fsp3) is 0.562. The molecule has 2 rings (SSSR count). The van der Waals surface area contributed by atoms with Gasteiger partial charge in [0.1, 0.15) is 5.60 Å². The summed E-state index contributed by atoms with van der Waals surface area (Å²) in [6.45, 7) is 6.58. The molecule has 1 aliphatic rings. The summed E-state index contributed by atoms with van der Waals surface area (Å²) in [6, 6.07) is 7.97. The lowest BCUT2D eigenvalue weighted by Crippen LogP contribution is -2.42. The van der Waals surface area contributed by atoms with Gasteiger partial charge in [0.2, 0.25) is 0 Å². The van der Waals surface area contributed by atoms with E-state index < -0.39 is 5.60 Å². The van der Waals surface area contributed by atoms with Crippen LogP contribution in [0.1, 0.15) is 37.9 Å². The molecule has 0 aromatic heterocycles. The predicted octanol–water partition coefficient (Wildman–Crippen LogP) is 1.92. The zero-order valence-electron chi connectivity index (χ0n) is 12.4. The summed E-state index contributed by atoms with van der Waals surface area (Å²) >= 11 is 0. The van der Waals surface area contributed by atoms with Crippen molar-refractivity contribution in [1.29, 1.82) is 0 Å². The van der Waals surface area contributed by atoms with E-state index in [1.165, 1.54) is 5.56 Å². The van der Waals surface area contributed by atoms with E-state index >= 15 is 0 Å². The number of carbonyl (C=O) groups excluding carboxylic acids is 1. The highest BCUT2D eigenvalue weighted by atomic mass is 16.6. The minimum absolute atomic E-state index is 0.0137. The smallest absolute Gasteiger partial charge is 0.320 e. The number of aliphatic hydroxyl groups is 1. The molecule has 1 unspecified atom stereocenters. The standard InChI is InChI=1S/C16H23NO3/c1-16(2,3)20-15(19)10-17-9-8-12-6-4-5-7-13(12)14(17)11-18/h4-7,14,18H,8-11H2,1-3H3. The largest absolute Gasteiger partial charge is 0.459 e. The Morgan fingerprint density at radius 1 is 1.40 bits per heavy atom. The molecule has 1 heterocycles. The van der Waals surface area contributed by atoms with Gasteiger partial charge in [-0.3, -0.25) is 9.69 Å². The lowest BCUT2D eigenvalue weighted by atomic mass is 9.93. The van der Waals surface area contributed by atoms with Gasteiger partial charge in [-0.05, 0) is 38.3 Å². The van der Waals surface area contributed by atoms with Crippen molar-refractivity contribution in [3.8, 4) is 0 Å². The van der Waals surface area contributed by atoms with Crippen molar-refractivity contribution in [3.63, 3.8) is 0 Å².